The lowest BCUT2D eigenvalue weighted by molar-refractivity contribution is 0.284. The highest BCUT2D eigenvalue weighted by Gasteiger charge is 2.13. The summed E-state index contributed by atoms with van der Waals surface area (Å²) >= 11 is 9.63. The average Bonchev–Trinajstić information content (AvgIpc) is 3.14. The van der Waals surface area contributed by atoms with Gasteiger partial charge in [-0.2, -0.15) is 0 Å². The van der Waals surface area contributed by atoms with E-state index in [0.717, 1.165) is 23.0 Å². The fraction of sp³-hybridized carbons (Fsp3) is 0.316. The molecule has 3 rings (SSSR count). The summed E-state index contributed by atoms with van der Waals surface area (Å²) < 4.78 is 27.1. The van der Waals surface area contributed by atoms with Crippen LogP contribution >= 0.6 is 27.5 Å². The largest absolute Gasteiger partial charge is 0.493 e. The molecule has 0 amide bonds. The van der Waals surface area contributed by atoms with Crippen molar-refractivity contribution in [2.75, 3.05) is 12.4 Å². The van der Waals surface area contributed by atoms with Crippen LogP contribution in [0.15, 0.2) is 34.8 Å². The molecule has 7 nitrogen and oxygen atoms in total. The number of anilines is 1. The predicted molar refractivity (Wildman–Crippen MR) is 112 cm³/mol. The van der Waals surface area contributed by atoms with Gasteiger partial charge in [-0.25, -0.2) is 9.07 Å². The molecule has 0 aliphatic rings. The van der Waals surface area contributed by atoms with Crippen LogP contribution in [-0.2, 0) is 19.7 Å². The summed E-state index contributed by atoms with van der Waals surface area (Å²) in [7, 11) is 1.57. The highest BCUT2D eigenvalue weighted by Crippen LogP contribution is 2.35. The first-order valence-electron chi connectivity index (χ1n) is 8.95. The minimum Gasteiger partial charge on any atom is -0.493 e. The maximum absolute atomic E-state index is 13.2. The number of aryl methyl sites for hydroxylation is 1. The Bertz CT molecular complexity index is 985. The van der Waals surface area contributed by atoms with E-state index in [1.54, 1.807) is 17.9 Å². The zero-order chi connectivity index (χ0) is 20.8. The number of hydrogen-bond acceptors (Lipinski definition) is 6. The zero-order valence-electron chi connectivity index (χ0n) is 16.0. The third-order valence-corrected chi connectivity index (χ3v) is 5.23. The first-order chi connectivity index (χ1) is 14.0. The standard InChI is InChI=1S/C19H20BrClFN5O2/c1-3-6-27-19(24-25-26-27)23-10-13-7-17(28-2)18(9-15(13)20)29-11-12-4-5-14(22)8-16(12)21/h4-5,7-9H,3,6,10-11H2,1-2H3,(H,23,24,26). The molecule has 0 unspecified atom stereocenters. The number of methoxy groups -OCH3 is 1. The van der Waals surface area contributed by atoms with Crippen LogP contribution in [0.1, 0.15) is 24.5 Å². The van der Waals surface area contributed by atoms with Crippen LogP contribution in [0.5, 0.6) is 11.5 Å². The highest BCUT2D eigenvalue weighted by molar-refractivity contribution is 9.10. The van der Waals surface area contributed by atoms with Crippen molar-refractivity contribution >= 4 is 33.5 Å². The fourth-order valence-electron chi connectivity index (χ4n) is 2.65. The van der Waals surface area contributed by atoms with Gasteiger partial charge in [0.15, 0.2) is 11.5 Å². The zero-order valence-corrected chi connectivity index (χ0v) is 18.3. The van der Waals surface area contributed by atoms with Gasteiger partial charge in [0.25, 0.3) is 0 Å². The molecule has 2 aromatic carbocycles. The molecule has 0 aliphatic carbocycles. The van der Waals surface area contributed by atoms with Crippen molar-refractivity contribution in [2.24, 2.45) is 0 Å². The van der Waals surface area contributed by atoms with Gasteiger partial charge in [0.2, 0.25) is 5.95 Å². The fourth-order valence-corrected chi connectivity index (χ4v) is 3.33. The van der Waals surface area contributed by atoms with Gasteiger partial charge in [-0.05, 0) is 46.7 Å². The molecule has 0 radical (unpaired) electrons. The average molecular weight is 485 g/mol. The lowest BCUT2D eigenvalue weighted by atomic mass is 10.2. The first-order valence-corrected chi connectivity index (χ1v) is 10.1. The Hall–Kier alpha value is -2.39. The highest BCUT2D eigenvalue weighted by atomic mass is 79.9. The Morgan fingerprint density at radius 1 is 1.21 bits per heavy atom. The second-order valence-corrected chi connectivity index (χ2v) is 7.46. The van der Waals surface area contributed by atoms with Gasteiger partial charge in [0.05, 0.1) is 12.1 Å². The van der Waals surface area contributed by atoms with Gasteiger partial charge < -0.3 is 14.8 Å². The third-order valence-electron chi connectivity index (χ3n) is 4.14. The second kappa shape index (κ2) is 9.89. The second-order valence-electron chi connectivity index (χ2n) is 6.20. The smallest absolute Gasteiger partial charge is 0.243 e. The molecule has 1 aromatic heterocycles. The van der Waals surface area contributed by atoms with Crippen molar-refractivity contribution in [3.8, 4) is 11.5 Å². The molecule has 0 aliphatic heterocycles. The number of aromatic nitrogens is 4. The molecular formula is C19H20BrClFN5O2. The van der Waals surface area contributed by atoms with Gasteiger partial charge in [0.1, 0.15) is 12.4 Å². The SMILES string of the molecule is CCCn1nnnc1NCc1cc(OC)c(OCc2ccc(F)cc2Cl)cc1Br. The molecule has 0 saturated heterocycles. The molecular weight excluding hydrogens is 465 g/mol. The Balaban J connectivity index is 1.72. The summed E-state index contributed by atoms with van der Waals surface area (Å²) in [5, 5.41) is 15.2. The van der Waals surface area contributed by atoms with Crippen molar-refractivity contribution in [3.05, 3.63) is 56.8 Å². The van der Waals surface area contributed by atoms with Crippen LogP contribution in [0.25, 0.3) is 0 Å². The van der Waals surface area contributed by atoms with E-state index in [1.807, 2.05) is 12.1 Å². The van der Waals surface area contributed by atoms with Crippen LogP contribution in [0.3, 0.4) is 0 Å². The topological polar surface area (TPSA) is 74.1 Å². The molecule has 154 valence electrons. The van der Waals surface area contributed by atoms with E-state index in [2.05, 4.69) is 43.7 Å². The van der Waals surface area contributed by atoms with Crippen molar-refractivity contribution in [3.63, 3.8) is 0 Å². The van der Waals surface area contributed by atoms with Crippen LogP contribution in [-0.4, -0.2) is 27.3 Å². The van der Waals surface area contributed by atoms with Gasteiger partial charge in [-0.15, -0.1) is 0 Å². The quantitative estimate of drug-likeness (QED) is 0.469. The third kappa shape index (κ3) is 5.36. The molecule has 29 heavy (non-hydrogen) atoms. The lowest BCUT2D eigenvalue weighted by Gasteiger charge is -2.15. The van der Waals surface area contributed by atoms with Gasteiger partial charge >= 0.3 is 0 Å². The Morgan fingerprint density at radius 3 is 2.76 bits per heavy atom. The number of halogens is 3. The van der Waals surface area contributed by atoms with Crippen molar-refractivity contribution < 1.29 is 13.9 Å². The molecule has 0 bridgehead atoms. The van der Waals surface area contributed by atoms with E-state index < -0.39 is 0 Å². The number of ether oxygens (including phenoxy) is 2. The molecule has 1 heterocycles. The maximum Gasteiger partial charge on any atom is 0.243 e. The summed E-state index contributed by atoms with van der Waals surface area (Å²) in [6, 6.07) is 7.89. The van der Waals surface area contributed by atoms with Crippen LogP contribution in [0, 0.1) is 5.82 Å². The molecule has 10 heteroatoms. The molecule has 0 spiro atoms. The van der Waals surface area contributed by atoms with Crippen molar-refractivity contribution in [2.45, 2.75) is 33.0 Å². The summed E-state index contributed by atoms with van der Waals surface area (Å²) in [4.78, 5) is 0. The number of tetrazole rings is 1. The molecule has 0 atom stereocenters. The van der Waals surface area contributed by atoms with E-state index >= 15 is 0 Å². The maximum atomic E-state index is 13.2. The molecule has 0 saturated carbocycles. The van der Waals surface area contributed by atoms with E-state index in [1.165, 1.54) is 12.1 Å². The van der Waals surface area contributed by atoms with Gasteiger partial charge in [-0.1, -0.05) is 45.6 Å². The summed E-state index contributed by atoms with van der Waals surface area (Å²) in [5.74, 6) is 1.32. The summed E-state index contributed by atoms with van der Waals surface area (Å²) in [6.07, 6.45) is 0.932. The first kappa shape index (κ1) is 21.3. The minimum absolute atomic E-state index is 0.186. The Labute approximate surface area is 181 Å². The Kier molecular flexibility index (Phi) is 7.27. The van der Waals surface area contributed by atoms with Crippen molar-refractivity contribution in [1.82, 2.24) is 20.2 Å². The monoisotopic (exact) mass is 483 g/mol. The normalized spacial score (nSPS) is 10.8. The van der Waals surface area contributed by atoms with E-state index in [0.29, 0.717) is 34.6 Å². The Morgan fingerprint density at radius 2 is 2.03 bits per heavy atom. The van der Waals surface area contributed by atoms with Crippen molar-refractivity contribution in [1.29, 1.82) is 0 Å². The molecule has 3 aromatic rings. The lowest BCUT2D eigenvalue weighted by Crippen LogP contribution is -2.09. The predicted octanol–water partition coefficient (Wildman–Crippen LogP) is 4.84. The summed E-state index contributed by atoms with van der Waals surface area (Å²) in [5.41, 5.74) is 1.62. The van der Waals surface area contributed by atoms with E-state index in [4.69, 9.17) is 21.1 Å². The number of benzene rings is 2. The van der Waals surface area contributed by atoms with Crippen LogP contribution in [0.2, 0.25) is 5.02 Å². The van der Waals surface area contributed by atoms with E-state index in [-0.39, 0.29) is 12.4 Å². The van der Waals surface area contributed by atoms with E-state index in [9.17, 15) is 4.39 Å². The van der Waals surface area contributed by atoms with Crippen LogP contribution in [0.4, 0.5) is 10.3 Å². The number of nitrogens with zero attached hydrogens (tertiary/aromatic N) is 4. The minimum atomic E-state index is -0.388. The number of rotatable bonds is 9. The van der Waals surface area contributed by atoms with Gasteiger partial charge in [0, 0.05) is 23.1 Å². The molecule has 0 fully saturated rings. The number of nitrogens with one attached hydrogen (secondary N) is 1. The number of hydrogen-bond donors (Lipinski definition) is 1. The van der Waals surface area contributed by atoms with Crippen LogP contribution < -0.4 is 14.8 Å². The summed E-state index contributed by atoms with van der Waals surface area (Å²) in [6.45, 7) is 3.47. The van der Waals surface area contributed by atoms with Gasteiger partial charge in [-0.3, -0.25) is 0 Å². The molecule has 1 N–H and O–H groups in total.